The molecule has 2 aliphatic rings. The van der Waals surface area contributed by atoms with Gasteiger partial charge in [-0.2, -0.15) is 0 Å². The van der Waals surface area contributed by atoms with Crippen LogP contribution in [0.2, 0.25) is 0 Å². The second-order valence-electron chi connectivity index (χ2n) is 8.09. The highest BCUT2D eigenvalue weighted by atomic mass is 16.3. The fraction of sp³-hybridized carbons (Fsp3) is 0.364. The predicted octanol–water partition coefficient (Wildman–Crippen LogP) is 4.75. The molecule has 1 unspecified atom stereocenters. The minimum atomic E-state index is -0.281. The van der Waals surface area contributed by atoms with Crippen molar-refractivity contribution in [3.63, 3.8) is 0 Å². The van der Waals surface area contributed by atoms with Crippen LogP contribution in [0.15, 0.2) is 58.3 Å². The first kappa shape index (κ1) is 16.8. The van der Waals surface area contributed by atoms with Crippen LogP contribution in [0.5, 0.6) is 0 Å². The molecule has 26 heavy (non-hydrogen) atoms. The van der Waals surface area contributed by atoms with E-state index in [1.807, 2.05) is 43.3 Å². The molecule has 134 valence electrons. The van der Waals surface area contributed by atoms with Crippen LogP contribution in [0.3, 0.4) is 0 Å². The lowest BCUT2D eigenvalue weighted by Gasteiger charge is -2.42. The van der Waals surface area contributed by atoms with Crippen molar-refractivity contribution >= 4 is 17.4 Å². The number of hydrogen-bond acceptors (Lipinski definition) is 3. The number of aryl methyl sites for hydroxylation is 1. The molecule has 1 aromatic heterocycles. The number of Topliss-reactive ketones (excluding diaryl/α,β-unsaturated/α-hetero) is 1. The number of benzene rings is 1. The summed E-state index contributed by atoms with van der Waals surface area (Å²) < 4.78 is 5.58. The van der Waals surface area contributed by atoms with Gasteiger partial charge in [0.15, 0.2) is 5.78 Å². The van der Waals surface area contributed by atoms with Gasteiger partial charge in [0.25, 0.3) is 0 Å². The molecule has 4 heteroatoms. The summed E-state index contributed by atoms with van der Waals surface area (Å²) in [5, 5.41) is 0. The minimum absolute atomic E-state index is 0.0185. The lowest BCUT2D eigenvalue weighted by Crippen LogP contribution is -2.43. The Morgan fingerprint density at radius 2 is 1.85 bits per heavy atom. The summed E-state index contributed by atoms with van der Waals surface area (Å²) in [7, 11) is 0. The van der Waals surface area contributed by atoms with Crippen LogP contribution in [0.1, 0.15) is 50.4 Å². The molecule has 0 saturated carbocycles. The average Bonchev–Trinajstić information content (AvgIpc) is 3.08. The van der Waals surface area contributed by atoms with Gasteiger partial charge in [-0.3, -0.25) is 14.5 Å². The van der Waals surface area contributed by atoms with Crippen molar-refractivity contribution in [2.24, 2.45) is 5.41 Å². The number of carbonyl (C=O) groups excluding carboxylic acids is 2. The molecule has 2 aromatic rings. The van der Waals surface area contributed by atoms with Gasteiger partial charge in [-0.15, -0.1) is 0 Å². The lowest BCUT2D eigenvalue weighted by molar-refractivity contribution is -0.121. The molecule has 4 nitrogen and oxygen atoms in total. The third-order valence-electron chi connectivity index (χ3n) is 5.39. The van der Waals surface area contributed by atoms with Crippen LogP contribution >= 0.6 is 0 Å². The molecule has 0 spiro atoms. The highest BCUT2D eigenvalue weighted by Crippen LogP contribution is 2.48. The highest BCUT2D eigenvalue weighted by molar-refractivity contribution is 6.08. The van der Waals surface area contributed by atoms with Crippen LogP contribution in [0.25, 0.3) is 0 Å². The maximum Gasteiger partial charge on any atom is 0.232 e. The summed E-state index contributed by atoms with van der Waals surface area (Å²) in [6, 6.07) is 11.5. The van der Waals surface area contributed by atoms with Gasteiger partial charge in [0.2, 0.25) is 5.91 Å². The van der Waals surface area contributed by atoms with Crippen molar-refractivity contribution in [2.45, 2.75) is 46.0 Å². The van der Waals surface area contributed by atoms with Gasteiger partial charge in [0, 0.05) is 24.1 Å². The Morgan fingerprint density at radius 3 is 2.54 bits per heavy atom. The van der Waals surface area contributed by atoms with E-state index in [-0.39, 0.29) is 29.4 Å². The molecule has 4 rings (SSSR count). The average molecular weight is 349 g/mol. The summed E-state index contributed by atoms with van der Waals surface area (Å²) in [4.78, 5) is 28.0. The summed E-state index contributed by atoms with van der Waals surface area (Å²) in [5.74, 6) is 0.563. The maximum absolute atomic E-state index is 13.2. The number of hydrogen-bond donors (Lipinski definition) is 0. The number of rotatable bonds is 2. The first-order chi connectivity index (χ1) is 12.4. The number of carbonyl (C=O) groups is 2. The van der Waals surface area contributed by atoms with Crippen molar-refractivity contribution in [1.29, 1.82) is 0 Å². The Bertz CT molecular complexity index is 905. The largest absolute Gasteiger partial charge is 0.469 e. The molecule has 1 aliphatic carbocycles. The van der Waals surface area contributed by atoms with Crippen LogP contribution in [-0.2, 0) is 9.59 Å². The second-order valence-corrected chi connectivity index (χ2v) is 8.09. The number of furan rings is 1. The van der Waals surface area contributed by atoms with E-state index >= 15 is 0 Å². The van der Waals surface area contributed by atoms with Crippen molar-refractivity contribution in [3.8, 4) is 0 Å². The predicted molar refractivity (Wildman–Crippen MR) is 99.8 cm³/mol. The first-order valence-electron chi connectivity index (χ1n) is 9.05. The van der Waals surface area contributed by atoms with Crippen molar-refractivity contribution in [3.05, 3.63) is 65.3 Å². The van der Waals surface area contributed by atoms with Gasteiger partial charge in [0.05, 0.1) is 17.9 Å². The van der Waals surface area contributed by atoms with Crippen LogP contribution in [0.4, 0.5) is 5.69 Å². The number of nitrogens with zero attached hydrogens (tertiary/aromatic N) is 1. The molecule has 0 fully saturated rings. The van der Waals surface area contributed by atoms with Crippen LogP contribution in [-0.4, -0.2) is 11.7 Å². The normalized spacial score (nSPS) is 22.6. The summed E-state index contributed by atoms with van der Waals surface area (Å²) >= 11 is 0. The van der Waals surface area contributed by atoms with Gasteiger partial charge in [-0.05, 0) is 42.5 Å². The third kappa shape index (κ3) is 2.70. The summed E-state index contributed by atoms with van der Waals surface area (Å²) in [5.41, 5.74) is 3.33. The highest BCUT2D eigenvalue weighted by Gasteiger charge is 2.45. The Hall–Kier alpha value is -2.62. The number of anilines is 1. The van der Waals surface area contributed by atoms with E-state index < -0.39 is 0 Å². The molecule has 1 aromatic carbocycles. The zero-order valence-corrected chi connectivity index (χ0v) is 15.4. The first-order valence-corrected chi connectivity index (χ1v) is 9.05. The quantitative estimate of drug-likeness (QED) is 0.786. The topological polar surface area (TPSA) is 50.5 Å². The van der Waals surface area contributed by atoms with Crippen molar-refractivity contribution in [1.82, 2.24) is 0 Å². The molecule has 0 saturated heterocycles. The molecular weight excluding hydrogens is 326 g/mol. The zero-order valence-electron chi connectivity index (χ0n) is 15.4. The van der Waals surface area contributed by atoms with Gasteiger partial charge in [-0.25, -0.2) is 0 Å². The van der Waals surface area contributed by atoms with Gasteiger partial charge in [0.1, 0.15) is 5.76 Å². The van der Waals surface area contributed by atoms with E-state index in [0.29, 0.717) is 18.6 Å². The van der Waals surface area contributed by atoms with Gasteiger partial charge >= 0.3 is 0 Å². The van der Waals surface area contributed by atoms with E-state index in [1.54, 1.807) is 11.2 Å². The van der Waals surface area contributed by atoms with E-state index in [2.05, 4.69) is 13.8 Å². The van der Waals surface area contributed by atoms with Crippen molar-refractivity contribution < 1.29 is 14.0 Å². The second kappa shape index (κ2) is 5.97. The standard InChI is InChI=1S/C22H23NO3/c1-14-7-4-5-8-16(14)23-17-12-22(2,3)13-18(24)21(17)15(11-20(23)25)19-9-6-10-26-19/h4-10,15H,11-13H2,1-3H3. The number of allylic oxidation sites excluding steroid dienone is 2. The smallest absolute Gasteiger partial charge is 0.232 e. The van der Waals surface area contributed by atoms with Gasteiger partial charge in [-0.1, -0.05) is 32.0 Å². The molecular formula is C22H23NO3. The summed E-state index contributed by atoms with van der Waals surface area (Å²) in [6.07, 6.45) is 3.06. The molecule has 1 aliphatic heterocycles. The fourth-order valence-corrected chi connectivity index (χ4v) is 4.24. The molecule has 1 amide bonds. The molecule has 2 heterocycles. The molecule has 0 bridgehead atoms. The van der Waals surface area contributed by atoms with E-state index in [1.165, 1.54) is 0 Å². The monoisotopic (exact) mass is 349 g/mol. The molecule has 0 radical (unpaired) electrons. The lowest BCUT2D eigenvalue weighted by atomic mass is 9.70. The Morgan fingerprint density at radius 1 is 1.08 bits per heavy atom. The summed E-state index contributed by atoms with van der Waals surface area (Å²) in [6.45, 7) is 6.18. The number of ketones is 1. The molecule has 0 N–H and O–H groups in total. The molecule has 1 atom stereocenters. The van der Waals surface area contributed by atoms with E-state index in [0.717, 1.165) is 22.5 Å². The fourth-order valence-electron chi connectivity index (χ4n) is 4.24. The third-order valence-corrected chi connectivity index (χ3v) is 5.39. The Labute approximate surface area is 153 Å². The number of amides is 1. The Kier molecular flexibility index (Phi) is 3.87. The van der Waals surface area contributed by atoms with E-state index in [9.17, 15) is 9.59 Å². The van der Waals surface area contributed by atoms with Gasteiger partial charge < -0.3 is 4.42 Å². The zero-order chi connectivity index (χ0) is 18.5. The number of para-hydroxylation sites is 1. The van der Waals surface area contributed by atoms with E-state index in [4.69, 9.17) is 4.42 Å². The SMILES string of the molecule is Cc1ccccc1N1C(=O)CC(c2ccco2)C2=C1CC(C)(C)CC2=O. The maximum atomic E-state index is 13.2. The van der Waals surface area contributed by atoms with Crippen LogP contribution in [0, 0.1) is 12.3 Å². The van der Waals surface area contributed by atoms with Crippen molar-refractivity contribution in [2.75, 3.05) is 4.90 Å². The Balaban J connectivity index is 1.92. The minimum Gasteiger partial charge on any atom is -0.469 e. The van der Waals surface area contributed by atoms with Crippen LogP contribution < -0.4 is 4.90 Å².